The average Bonchev–Trinajstić information content (AvgIpc) is 3.10. The maximum Gasteiger partial charge on any atom is 0.227 e. The van der Waals surface area contributed by atoms with E-state index in [9.17, 15) is 14.4 Å². The van der Waals surface area contributed by atoms with Gasteiger partial charge < -0.3 is 20.0 Å². The summed E-state index contributed by atoms with van der Waals surface area (Å²) in [4.78, 5) is 43.5. The third-order valence-electron chi connectivity index (χ3n) is 6.11. The van der Waals surface area contributed by atoms with Gasteiger partial charge in [-0.25, -0.2) is 0 Å². The molecule has 7 nitrogen and oxygen atoms in total. The van der Waals surface area contributed by atoms with E-state index in [1.165, 1.54) is 0 Å². The summed E-state index contributed by atoms with van der Waals surface area (Å²) in [5, 5.41) is 2.99. The van der Waals surface area contributed by atoms with E-state index in [0.29, 0.717) is 38.9 Å². The first-order chi connectivity index (χ1) is 14.1. The Labute approximate surface area is 179 Å². The molecule has 2 fully saturated rings. The van der Waals surface area contributed by atoms with Gasteiger partial charge in [-0.3, -0.25) is 14.4 Å². The lowest BCUT2D eigenvalue weighted by Crippen LogP contribution is -2.46. The second-order valence-corrected chi connectivity index (χ2v) is 9.61. The Balaban J connectivity index is 1.50. The molecule has 1 N–H and O–H groups in total. The number of nitrogens with zero attached hydrogens (tertiary/aromatic N) is 3. The van der Waals surface area contributed by atoms with Gasteiger partial charge in [0.15, 0.2) is 0 Å². The fourth-order valence-electron chi connectivity index (χ4n) is 4.23. The van der Waals surface area contributed by atoms with Crippen molar-refractivity contribution < 1.29 is 14.4 Å². The van der Waals surface area contributed by atoms with Crippen LogP contribution >= 0.6 is 0 Å². The number of carbonyl (C=O) groups excluding carboxylic acids is 3. The van der Waals surface area contributed by atoms with Crippen molar-refractivity contribution in [3.63, 3.8) is 0 Å². The van der Waals surface area contributed by atoms with Crippen LogP contribution in [0.1, 0.15) is 40.0 Å². The number of hydrogen-bond donors (Lipinski definition) is 1. The lowest BCUT2D eigenvalue weighted by Gasteiger charge is -2.34. The van der Waals surface area contributed by atoms with Crippen LogP contribution in [-0.4, -0.2) is 66.8 Å². The van der Waals surface area contributed by atoms with E-state index in [-0.39, 0.29) is 35.1 Å². The minimum absolute atomic E-state index is 0.00894. The highest BCUT2D eigenvalue weighted by atomic mass is 16.2. The number of hydrogen-bond acceptors (Lipinski definition) is 4. The molecule has 7 heteroatoms. The highest BCUT2D eigenvalue weighted by Crippen LogP contribution is 2.29. The number of nitrogens with one attached hydrogen (secondary N) is 1. The first-order valence-electron chi connectivity index (χ1n) is 10.7. The Morgan fingerprint density at radius 3 is 2.13 bits per heavy atom. The molecule has 1 unspecified atom stereocenters. The zero-order valence-corrected chi connectivity index (χ0v) is 18.8. The highest BCUT2D eigenvalue weighted by Gasteiger charge is 2.41. The number of benzene rings is 1. The molecule has 2 aliphatic heterocycles. The topological polar surface area (TPSA) is 73.0 Å². The third-order valence-corrected chi connectivity index (χ3v) is 6.11. The van der Waals surface area contributed by atoms with Crippen molar-refractivity contribution in [3.8, 4) is 0 Å². The fraction of sp³-hybridized carbons (Fsp3) is 0.609. The average molecular weight is 415 g/mol. The Kier molecular flexibility index (Phi) is 6.38. The second-order valence-electron chi connectivity index (χ2n) is 9.61. The van der Waals surface area contributed by atoms with Gasteiger partial charge in [0.1, 0.15) is 0 Å². The molecule has 0 saturated carbocycles. The summed E-state index contributed by atoms with van der Waals surface area (Å²) in [6.45, 7) is 7.61. The van der Waals surface area contributed by atoms with Crippen molar-refractivity contribution in [2.75, 3.05) is 43.9 Å². The normalized spacial score (nSPS) is 20.4. The van der Waals surface area contributed by atoms with E-state index in [4.69, 9.17) is 0 Å². The van der Waals surface area contributed by atoms with Crippen molar-refractivity contribution in [3.05, 3.63) is 24.3 Å². The molecular weight excluding hydrogens is 380 g/mol. The van der Waals surface area contributed by atoms with Gasteiger partial charge in [-0.2, -0.15) is 0 Å². The molecule has 3 amide bonds. The van der Waals surface area contributed by atoms with Crippen LogP contribution in [0.25, 0.3) is 0 Å². The molecular formula is C23H34N4O3. The Morgan fingerprint density at radius 1 is 1.03 bits per heavy atom. The predicted octanol–water partition coefficient (Wildman–Crippen LogP) is 2.58. The molecule has 1 aromatic carbocycles. The number of anilines is 2. The summed E-state index contributed by atoms with van der Waals surface area (Å²) in [6.07, 6.45) is 1.59. The standard InChI is InChI=1S/C23H34N4O3/c1-23(2,3)27-15-17(14-20(27)28)22(30)26-12-10-16(11-13-26)21(29)24-18-6-8-19(9-7-18)25(4)5/h6-9,16-17H,10-15H2,1-5H3,(H,24,29). The minimum Gasteiger partial charge on any atom is -0.378 e. The molecule has 2 aliphatic rings. The van der Waals surface area contributed by atoms with Crippen molar-refractivity contribution >= 4 is 29.1 Å². The Morgan fingerprint density at radius 2 is 1.63 bits per heavy atom. The first-order valence-corrected chi connectivity index (χ1v) is 10.7. The van der Waals surface area contributed by atoms with Gasteiger partial charge in [-0.1, -0.05) is 0 Å². The molecule has 164 valence electrons. The van der Waals surface area contributed by atoms with Crippen molar-refractivity contribution in [2.24, 2.45) is 11.8 Å². The maximum atomic E-state index is 12.9. The number of rotatable bonds is 4. The van der Waals surface area contributed by atoms with Crippen molar-refractivity contribution in [2.45, 2.75) is 45.6 Å². The third kappa shape index (κ3) is 4.94. The quantitative estimate of drug-likeness (QED) is 0.822. The van der Waals surface area contributed by atoms with E-state index in [2.05, 4.69) is 5.32 Å². The van der Waals surface area contributed by atoms with Crippen LogP contribution in [0.3, 0.4) is 0 Å². The van der Waals surface area contributed by atoms with E-state index in [0.717, 1.165) is 11.4 Å². The number of likely N-dealkylation sites (tertiary alicyclic amines) is 2. The van der Waals surface area contributed by atoms with Gasteiger partial charge in [0, 0.05) is 63.0 Å². The van der Waals surface area contributed by atoms with E-state index in [1.54, 1.807) is 4.90 Å². The zero-order valence-electron chi connectivity index (χ0n) is 18.8. The van der Waals surface area contributed by atoms with Gasteiger partial charge in [0.25, 0.3) is 0 Å². The van der Waals surface area contributed by atoms with Crippen molar-refractivity contribution in [1.82, 2.24) is 9.80 Å². The molecule has 0 aliphatic carbocycles. The summed E-state index contributed by atoms with van der Waals surface area (Å²) in [6, 6.07) is 7.76. The summed E-state index contributed by atoms with van der Waals surface area (Å²) in [5.41, 5.74) is 1.60. The molecule has 1 atom stereocenters. The number of piperidine rings is 1. The van der Waals surface area contributed by atoms with Crippen LogP contribution in [0.4, 0.5) is 11.4 Å². The molecule has 30 heavy (non-hydrogen) atoms. The van der Waals surface area contributed by atoms with Gasteiger partial charge in [-0.15, -0.1) is 0 Å². The van der Waals surface area contributed by atoms with Gasteiger partial charge >= 0.3 is 0 Å². The molecule has 0 radical (unpaired) electrons. The van der Waals surface area contributed by atoms with E-state index < -0.39 is 0 Å². The van der Waals surface area contributed by atoms with Crippen LogP contribution in [0, 0.1) is 11.8 Å². The van der Waals surface area contributed by atoms with Gasteiger partial charge in [-0.05, 0) is 57.9 Å². The molecule has 3 rings (SSSR count). The van der Waals surface area contributed by atoms with Crippen molar-refractivity contribution in [1.29, 1.82) is 0 Å². The summed E-state index contributed by atoms with van der Waals surface area (Å²) in [7, 11) is 3.95. The predicted molar refractivity (Wildman–Crippen MR) is 118 cm³/mol. The Bertz CT molecular complexity index is 790. The van der Waals surface area contributed by atoms with Crippen LogP contribution in [-0.2, 0) is 14.4 Å². The second kappa shape index (κ2) is 8.66. The molecule has 1 aromatic rings. The molecule has 2 heterocycles. The Hall–Kier alpha value is -2.57. The first kappa shape index (κ1) is 22.1. The monoisotopic (exact) mass is 414 g/mol. The number of carbonyl (C=O) groups is 3. The number of amides is 3. The lowest BCUT2D eigenvalue weighted by atomic mass is 9.94. The summed E-state index contributed by atoms with van der Waals surface area (Å²) < 4.78 is 0. The van der Waals surface area contributed by atoms with Gasteiger partial charge in [0.05, 0.1) is 5.92 Å². The summed E-state index contributed by atoms with van der Waals surface area (Å²) in [5.74, 6) is -0.255. The largest absolute Gasteiger partial charge is 0.378 e. The zero-order chi connectivity index (χ0) is 22.1. The smallest absolute Gasteiger partial charge is 0.227 e. The van der Waals surface area contributed by atoms with E-state index >= 15 is 0 Å². The highest BCUT2D eigenvalue weighted by molar-refractivity contribution is 5.93. The maximum absolute atomic E-state index is 12.9. The lowest BCUT2D eigenvalue weighted by molar-refractivity contribution is -0.138. The van der Waals surface area contributed by atoms with Crippen LogP contribution in [0.15, 0.2) is 24.3 Å². The molecule has 2 saturated heterocycles. The SMILES string of the molecule is CN(C)c1ccc(NC(=O)C2CCN(C(=O)C3CC(=O)N(C(C)(C)C)C3)CC2)cc1. The van der Waals surface area contributed by atoms with Gasteiger partial charge in [0.2, 0.25) is 17.7 Å². The van der Waals surface area contributed by atoms with Crippen LogP contribution in [0.5, 0.6) is 0 Å². The fourth-order valence-corrected chi connectivity index (χ4v) is 4.23. The van der Waals surface area contributed by atoms with E-state index in [1.807, 2.05) is 68.9 Å². The molecule has 0 bridgehead atoms. The summed E-state index contributed by atoms with van der Waals surface area (Å²) >= 11 is 0. The molecule has 0 spiro atoms. The van der Waals surface area contributed by atoms with Crippen LogP contribution in [0.2, 0.25) is 0 Å². The molecule has 0 aromatic heterocycles. The minimum atomic E-state index is -0.266. The van der Waals surface area contributed by atoms with Crippen LogP contribution < -0.4 is 10.2 Å².